The van der Waals surface area contributed by atoms with Crippen LogP contribution in [0.2, 0.25) is 0 Å². The van der Waals surface area contributed by atoms with Gasteiger partial charge >= 0.3 is 5.97 Å². The first-order chi connectivity index (χ1) is 15.8. The molecule has 0 atom stereocenters. The summed E-state index contributed by atoms with van der Waals surface area (Å²) in [5.74, 6) is -0.347. The van der Waals surface area contributed by atoms with Gasteiger partial charge < -0.3 is 14.7 Å². The van der Waals surface area contributed by atoms with Crippen molar-refractivity contribution >= 4 is 75.4 Å². The number of carbonyl (C=O) groups excluding carboxylic acids is 1. The fourth-order valence-corrected chi connectivity index (χ4v) is 6.67. The van der Waals surface area contributed by atoms with Crippen LogP contribution in [0, 0.1) is 0 Å². The Balaban J connectivity index is 2.08. The van der Waals surface area contributed by atoms with Gasteiger partial charge in [0.05, 0.1) is 16.2 Å². The molecule has 0 radical (unpaired) electrons. The predicted octanol–water partition coefficient (Wildman–Crippen LogP) is 1.59. The average Bonchev–Trinajstić information content (AvgIpc) is 3.43. The van der Waals surface area contributed by atoms with Crippen molar-refractivity contribution in [2.45, 2.75) is 27.3 Å². The second-order valence-electron chi connectivity index (χ2n) is 6.88. The maximum absolute atomic E-state index is 13.0. The van der Waals surface area contributed by atoms with E-state index in [0.717, 1.165) is 40.5 Å². The second-order valence-corrected chi connectivity index (χ2v) is 10.7. The van der Waals surface area contributed by atoms with Crippen LogP contribution in [0.4, 0.5) is 0 Å². The van der Waals surface area contributed by atoms with Crippen molar-refractivity contribution in [3.63, 3.8) is 0 Å². The van der Waals surface area contributed by atoms with Crippen LogP contribution in [0.5, 0.6) is 0 Å². The molecule has 0 aliphatic carbocycles. The number of carbonyl (C=O) groups is 2. The van der Waals surface area contributed by atoms with Crippen molar-refractivity contribution in [2.24, 2.45) is 0 Å². The van der Waals surface area contributed by atoms with E-state index in [1.807, 2.05) is 19.1 Å². The first kappa shape index (κ1) is 25.6. The quantitative estimate of drug-likeness (QED) is 0.307. The van der Waals surface area contributed by atoms with Crippen LogP contribution in [0.1, 0.15) is 20.8 Å². The lowest BCUT2D eigenvalue weighted by Crippen LogP contribution is -2.33. The van der Waals surface area contributed by atoms with Gasteiger partial charge in [0.15, 0.2) is 0 Å². The van der Waals surface area contributed by atoms with E-state index in [0.29, 0.717) is 22.3 Å². The van der Waals surface area contributed by atoms with Crippen molar-refractivity contribution in [1.29, 1.82) is 0 Å². The minimum Gasteiger partial charge on any atom is -0.492 e. The third kappa shape index (κ3) is 5.73. The molecule has 1 amide bonds. The molecule has 12 heteroatoms. The molecule has 0 unspecified atom stereocenters. The number of aromatic nitrogens is 1. The van der Waals surface area contributed by atoms with Crippen LogP contribution in [-0.4, -0.2) is 67.7 Å². The summed E-state index contributed by atoms with van der Waals surface area (Å²) in [4.78, 5) is 40.4. The number of hydrogen-bond donors (Lipinski definition) is 1. The van der Waals surface area contributed by atoms with E-state index in [2.05, 4.69) is 11.8 Å². The molecule has 2 fully saturated rings. The smallest absolute Gasteiger partial charge is 0.323 e. The standard InChI is InChI=1S/C21H25N3O5S4/c1-4-22-9-10-31-15(22)8-7-14-19(27)23(5-2)16(32-14)11-13(29-6-3)18-20(28)24(12-17(25)26)21(30)33-18/h7-8,11H,4-6,9-10,12H2,1-3H3,(H,25,26)/b14-7+,15-8+,16-11-,18-13+. The van der Waals surface area contributed by atoms with E-state index in [9.17, 15) is 14.4 Å². The Hall–Kier alpha value is -2.02. The van der Waals surface area contributed by atoms with Gasteiger partial charge in [-0.15, -0.1) is 23.1 Å². The fraction of sp³-hybridized carbons (Fsp3) is 0.429. The topological polar surface area (TPSA) is 92.1 Å². The maximum Gasteiger partial charge on any atom is 0.323 e. The van der Waals surface area contributed by atoms with Gasteiger partial charge in [-0.3, -0.25) is 23.9 Å². The first-order valence-electron chi connectivity index (χ1n) is 10.4. The molecule has 2 aliphatic heterocycles. The Morgan fingerprint density at radius 2 is 1.97 bits per heavy atom. The number of allylic oxidation sites excluding steroid dienone is 2. The van der Waals surface area contributed by atoms with Gasteiger partial charge in [0.2, 0.25) is 0 Å². The van der Waals surface area contributed by atoms with Crippen LogP contribution in [0.25, 0.3) is 12.2 Å². The molecule has 1 N–H and O–H groups in total. The SMILES string of the molecule is CCOC(/C=c1\s/c(=C/C=C2/SCCN2CC)c(=O)n1CC)=C1/SC(=S)N(CC(=O)O)C1=O. The van der Waals surface area contributed by atoms with E-state index >= 15 is 0 Å². The van der Waals surface area contributed by atoms with E-state index in [1.165, 1.54) is 11.3 Å². The number of nitrogens with zero attached hydrogens (tertiary/aromatic N) is 3. The Morgan fingerprint density at radius 1 is 1.21 bits per heavy atom. The van der Waals surface area contributed by atoms with Gasteiger partial charge in [0, 0.05) is 31.5 Å². The number of hydrogen-bond acceptors (Lipinski definition) is 9. The molecule has 178 valence electrons. The van der Waals surface area contributed by atoms with E-state index < -0.39 is 18.4 Å². The van der Waals surface area contributed by atoms with Gasteiger partial charge in [0.1, 0.15) is 26.2 Å². The van der Waals surface area contributed by atoms with Gasteiger partial charge in [0.25, 0.3) is 11.5 Å². The molecule has 0 saturated carbocycles. The van der Waals surface area contributed by atoms with E-state index in [1.54, 1.807) is 29.3 Å². The van der Waals surface area contributed by atoms with Crippen LogP contribution in [0.15, 0.2) is 26.6 Å². The minimum atomic E-state index is -1.15. The summed E-state index contributed by atoms with van der Waals surface area (Å²) in [5, 5.41) is 10.2. The number of aliphatic carboxylic acids is 1. The highest BCUT2D eigenvalue weighted by Gasteiger charge is 2.36. The third-order valence-corrected chi connectivity index (χ3v) is 8.46. The van der Waals surface area contributed by atoms with Gasteiger partial charge in [-0.1, -0.05) is 24.0 Å². The molecule has 2 aliphatic rings. The fourth-order valence-electron chi connectivity index (χ4n) is 3.29. The van der Waals surface area contributed by atoms with Crippen molar-refractivity contribution in [1.82, 2.24) is 14.4 Å². The van der Waals surface area contributed by atoms with Gasteiger partial charge in [-0.25, -0.2) is 0 Å². The average molecular weight is 528 g/mol. The number of thiocarbonyl (C=S) groups is 1. The number of rotatable bonds is 8. The number of carboxylic acids is 1. The predicted molar refractivity (Wildman–Crippen MR) is 138 cm³/mol. The molecule has 33 heavy (non-hydrogen) atoms. The second kappa shape index (κ2) is 11.4. The normalized spacial score (nSPS) is 20.5. The Kier molecular flexibility index (Phi) is 8.85. The largest absolute Gasteiger partial charge is 0.492 e. The summed E-state index contributed by atoms with van der Waals surface area (Å²) in [6, 6.07) is 0. The molecule has 3 heterocycles. The molecule has 0 bridgehead atoms. The summed E-state index contributed by atoms with van der Waals surface area (Å²) in [7, 11) is 0. The van der Waals surface area contributed by atoms with Crippen LogP contribution in [-0.2, 0) is 20.9 Å². The molecular weight excluding hydrogens is 503 g/mol. The van der Waals surface area contributed by atoms with E-state index in [4.69, 9.17) is 22.1 Å². The van der Waals surface area contributed by atoms with E-state index in [-0.39, 0.29) is 20.5 Å². The lowest BCUT2D eigenvalue weighted by molar-refractivity contribution is -0.140. The number of amides is 1. The number of ether oxygens (including phenoxy) is 1. The molecule has 3 rings (SSSR count). The van der Waals surface area contributed by atoms with Gasteiger partial charge in [-0.2, -0.15) is 0 Å². The zero-order valence-electron chi connectivity index (χ0n) is 18.5. The molecule has 0 spiro atoms. The summed E-state index contributed by atoms with van der Waals surface area (Å²) in [6.45, 7) is 7.95. The van der Waals surface area contributed by atoms with Crippen molar-refractivity contribution in [2.75, 3.05) is 32.0 Å². The van der Waals surface area contributed by atoms with Crippen molar-refractivity contribution < 1.29 is 19.4 Å². The summed E-state index contributed by atoms with van der Waals surface area (Å²) in [6.07, 6.45) is 5.50. The maximum atomic E-state index is 13.0. The van der Waals surface area contributed by atoms with Crippen LogP contribution >= 0.6 is 47.1 Å². The molecular formula is C21H25N3O5S4. The highest BCUT2D eigenvalue weighted by atomic mass is 32.2. The Morgan fingerprint density at radius 3 is 2.61 bits per heavy atom. The lowest BCUT2D eigenvalue weighted by atomic mass is 10.3. The van der Waals surface area contributed by atoms with Gasteiger partial charge in [-0.05, 0) is 32.9 Å². The van der Waals surface area contributed by atoms with Crippen LogP contribution < -0.4 is 14.8 Å². The molecule has 0 aromatic carbocycles. The van der Waals surface area contributed by atoms with Crippen molar-refractivity contribution in [3.8, 4) is 0 Å². The third-order valence-electron chi connectivity index (χ3n) is 4.86. The molecule has 8 nitrogen and oxygen atoms in total. The Labute approximate surface area is 209 Å². The molecule has 2 saturated heterocycles. The zero-order chi connectivity index (χ0) is 24.1. The number of thiazole rings is 1. The lowest BCUT2D eigenvalue weighted by Gasteiger charge is -2.14. The number of carboxylic acid groups (broad SMARTS) is 1. The number of thioether (sulfide) groups is 2. The van der Waals surface area contributed by atoms with Crippen molar-refractivity contribution in [3.05, 3.63) is 41.3 Å². The van der Waals surface area contributed by atoms with Crippen LogP contribution in [0.3, 0.4) is 0 Å². The highest BCUT2D eigenvalue weighted by molar-refractivity contribution is 8.26. The first-order valence-corrected chi connectivity index (χ1v) is 13.5. The summed E-state index contributed by atoms with van der Waals surface area (Å²) in [5.41, 5.74) is -0.106. The monoisotopic (exact) mass is 527 g/mol. The summed E-state index contributed by atoms with van der Waals surface area (Å²) < 4.78 is 8.76. The Bertz CT molecular complexity index is 1200. The highest BCUT2D eigenvalue weighted by Crippen LogP contribution is 2.34. The molecule has 1 aromatic heterocycles. The minimum absolute atomic E-state index is 0.106. The summed E-state index contributed by atoms with van der Waals surface area (Å²) >= 11 is 9.29. The molecule has 1 aromatic rings. The zero-order valence-corrected chi connectivity index (χ0v) is 21.8.